The van der Waals surface area contributed by atoms with Crippen LogP contribution in [0.3, 0.4) is 0 Å². The van der Waals surface area contributed by atoms with Crippen molar-refractivity contribution in [1.29, 1.82) is 0 Å². The van der Waals surface area contributed by atoms with Gasteiger partial charge in [0.2, 0.25) is 11.9 Å². The van der Waals surface area contributed by atoms with Crippen molar-refractivity contribution in [2.45, 2.75) is 25.3 Å². The fraction of sp³-hybridized carbons (Fsp3) is 0.643. The highest BCUT2D eigenvalue weighted by atomic mass is 16.5. The fourth-order valence-corrected chi connectivity index (χ4v) is 3.06. The van der Waals surface area contributed by atoms with Crippen LogP contribution in [0.1, 0.15) is 19.8 Å². The molecule has 1 aromatic heterocycles. The van der Waals surface area contributed by atoms with Gasteiger partial charge in [0, 0.05) is 38.6 Å². The second kappa shape index (κ2) is 5.36. The van der Waals surface area contributed by atoms with E-state index in [1.807, 2.05) is 17.9 Å². The first kappa shape index (κ1) is 13.3. The van der Waals surface area contributed by atoms with Gasteiger partial charge in [-0.2, -0.15) is 0 Å². The number of amides is 1. The maximum Gasteiger partial charge on any atom is 0.248 e. The SMILES string of the molecule is CCOCC(=O)N1CCC2(CCN2c2ncccn2)C1. The molecule has 2 fully saturated rings. The molecule has 1 amide bonds. The predicted octanol–water partition coefficient (Wildman–Crippen LogP) is 0.694. The molecular weight excluding hydrogens is 256 g/mol. The lowest BCUT2D eigenvalue weighted by Crippen LogP contribution is -2.62. The molecule has 6 nitrogen and oxygen atoms in total. The van der Waals surface area contributed by atoms with Crippen LogP contribution < -0.4 is 4.90 Å². The first-order valence-corrected chi connectivity index (χ1v) is 7.15. The Hall–Kier alpha value is -1.69. The van der Waals surface area contributed by atoms with Gasteiger partial charge >= 0.3 is 0 Å². The number of carbonyl (C=O) groups excluding carboxylic acids is 1. The Morgan fingerprint density at radius 1 is 1.35 bits per heavy atom. The summed E-state index contributed by atoms with van der Waals surface area (Å²) < 4.78 is 5.21. The van der Waals surface area contributed by atoms with E-state index >= 15 is 0 Å². The number of likely N-dealkylation sites (tertiary alicyclic amines) is 1. The van der Waals surface area contributed by atoms with Crippen molar-refractivity contribution in [2.75, 3.05) is 37.7 Å². The zero-order valence-corrected chi connectivity index (χ0v) is 11.8. The first-order chi connectivity index (χ1) is 9.75. The van der Waals surface area contributed by atoms with E-state index in [0.717, 1.165) is 38.4 Å². The summed E-state index contributed by atoms with van der Waals surface area (Å²) in [6.45, 7) is 5.20. The van der Waals surface area contributed by atoms with Gasteiger partial charge < -0.3 is 14.5 Å². The van der Waals surface area contributed by atoms with Crippen LogP contribution in [0.5, 0.6) is 0 Å². The quantitative estimate of drug-likeness (QED) is 0.810. The van der Waals surface area contributed by atoms with Crippen molar-refractivity contribution in [3.63, 3.8) is 0 Å². The van der Waals surface area contributed by atoms with Gasteiger partial charge in [-0.1, -0.05) is 0 Å². The summed E-state index contributed by atoms with van der Waals surface area (Å²) in [4.78, 5) is 24.8. The summed E-state index contributed by atoms with van der Waals surface area (Å²) in [6.07, 6.45) is 5.62. The number of carbonyl (C=O) groups is 1. The molecule has 1 unspecified atom stereocenters. The summed E-state index contributed by atoms with van der Waals surface area (Å²) in [5, 5.41) is 0. The molecule has 0 aromatic carbocycles. The molecule has 2 aliphatic heterocycles. The molecule has 20 heavy (non-hydrogen) atoms. The third-order valence-electron chi connectivity index (χ3n) is 4.28. The van der Waals surface area contributed by atoms with E-state index in [-0.39, 0.29) is 18.1 Å². The van der Waals surface area contributed by atoms with Gasteiger partial charge in [-0.25, -0.2) is 9.97 Å². The van der Waals surface area contributed by atoms with E-state index in [0.29, 0.717) is 6.61 Å². The Morgan fingerprint density at radius 2 is 2.10 bits per heavy atom. The number of aromatic nitrogens is 2. The average Bonchev–Trinajstić information content (AvgIpc) is 2.92. The number of nitrogens with zero attached hydrogens (tertiary/aromatic N) is 4. The van der Waals surface area contributed by atoms with Crippen molar-refractivity contribution in [3.8, 4) is 0 Å². The summed E-state index contributed by atoms with van der Waals surface area (Å²) >= 11 is 0. The molecule has 1 aromatic rings. The highest BCUT2D eigenvalue weighted by Gasteiger charge is 2.51. The van der Waals surface area contributed by atoms with Gasteiger partial charge in [-0.3, -0.25) is 4.79 Å². The molecule has 3 rings (SSSR count). The molecule has 0 N–H and O–H groups in total. The monoisotopic (exact) mass is 276 g/mol. The van der Waals surface area contributed by atoms with Crippen LogP contribution in [0.15, 0.2) is 18.5 Å². The van der Waals surface area contributed by atoms with E-state index in [1.165, 1.54) is 0 Å². The Bertz CT molecular complexity index is 481. The molecule has 0 radical (unpaired) electrons. The normalized spacial score (nSPS) is 25.1. The van der Waals surface area contributed by atoms with Crippen LogP contribution in [-0.4, -0.2) is 59.2 Å². The second-order valence-corrected chi connectivity index (χ2v) is 5.38. The van der Waals surface area contributed by atoms with Crippen LogP contribution in [0.2, 0.25) is 0 Å². The van der Waals surface area contributed by atoms with E-state index in [4.69, 9.17) is 4.74 Å². The predicted molar refractivity (Wildman–Crippen MR) is 74.4 cm³/mol. The van der Waals surface area contributed by atoms with Gasteiger partial charge in [0.05, 0.1) is 5.54 Å². The lowest BCUT2D eigenvalue weighted by molar-refractivity contribution is -0.135. The largest absolute Gasteiger partial charge is 0.372 e. The van der Waals surface area contributed by atoms with Crippen molar-refractivity contribution in [1.82, 2.24) is 14.9 Å². The second-order valence-electron chi connectivity index (χ2n) is 5.38. The third kappa shape index (κ3) is 2.24. The maximum atomic E-state index is 12.0. The maximum absolute atomic E-state index is 12.0. The molecule has 0 saturated carbocycles. The molecule has 0 bridgehead atoms. The lowest BCUT2D eigenvalue weighted by Gasteiger charge is -2.50. The molecule has 3 heterocycles. The van der Waals surface area contributed by atoms with Crippen LogP contribution in [0.4, 0.5) is 5.95 Å². The number of anilines is 1. The smallest absolute Gasteiger partial charge is 0.248 e. The van der Waals surface area contributed by atoms with Gasteiger partial charge in [-0.15, -0.1) is 0 Å². The summed E-state index contributed by atoms with van der Waals surface area (Å²) in [6, 6.07) is 1.82. The van der Waals surface area contributed by atoms with Crippen LogP contribution >= 0.6 is 0 Å². The fourth-order valence-electron chi connectivity index (χ4n) is 3.06. The van der Waals surface area contributed by atoms with Crippen LogP contribution in [0.25, 0.3) is 0 Å². The zero-order valence-electron chi connectivity index (χ0n) is 11.8. The summed E-state index contributed by atoms with van der Waals surface area (Å²) in [5.74, 6) is 0.863. The highest BCUT2D eigenvalue weighted by Crippen LogP contribution is 2.40. The van der Waals surface area contributed by atoms with Gasteiger partial charge in [-0.05, 0) is 25.8 Å². The van der Waals surface area contributed by atoms with Crippen molar-refractivity contribution >= 4 is 11.9 Å². The molecule has 1 spiro atoms. The van der Waals surface area contributed by atoms with Gasteiger partial charge in [0.25, 0.3) is 0 Å². The first-order valence-electron chi connectivity index (χ1n) is 7.15. The minimum atomic E-state index is 0.0449. The zero-order chi connectivity index (χ0) is 14.0. The average molecular weight is 276 g/mol. The molecule has 2 aliphatic rings. The standard InChI is InChI=1S/C14H20N4O2/c1-2-20-10-12(19)17-8-4-14(11-17)5-9-18(14)13-15-6-3-7-16-13/h3,6-7H,2,4-5,8-11H2,1H3. The van der Waals surface area contributed by atoms with E-state index in [9.17, 15) is 4.79 Å². The topological polar surface area (TPSA) is 58.6 Å². The molecule has 6 heteroatoms. The number of hydrogen-bond acceptors (Lipinski definition) is 5. The van der Waals surface area contributed by atoms with Gasteiger partial charge in [0.15, 0.2) is 0 Å². The minimum absolute atomic E-state index is 0.0449. The highest BCUT2D eigenvalue weighted by molar-refractivity contribution is 5.78. The van der Waals surface area contributed by atoms with E-state index < -0.39 is 0 Å². The number of rotatable bonds is 4. The third-order valence-corrected chi connectivity index (χ3v) is 4.28. The molecule has 2 saturated heterocycles. The van der Waals surface area contributed by atoms with Gasteiger partial charge in [0.1, 0.15) is 6.61 Å². The van der Waals surface area contributed by atoms with Crippen molar-refractivity contribution in [3.05, 3.63) is 18.5 Å². The Labute approximate surface area is 118 Å². The molecular formula is C14H20N4O2. The van der Waals surface area contributed by atoms with Crippen LogP contribution in [0, 0.1) is 0 Å². The Balaban J connectivity index is 1.65. The summed E-state index contributed by atoms with van der Waals surface area (Å²) in [5.41, 5.74) is 0.0449. The van der Waals surface area contributed by atoms with Crippen LogP contribution in [-0.2, 0) is 9.53 Å². The Kier molecular flexibility index (Phi) is 3.56. The lowest BCUT2D eigenvalue weighted by atomic mass is 9.84. The summed E-state index contributed by atoms with van der Waals surface area (Å²) in [7, 11) is 0. The van der Waals surface area contributed by atoms with E-state index in [2.05, 4.69) is 14.9 Å². The molecule has 1 atom stereocenters. The minimum Gasteiger partial charge on any atom is -0.372 e. The molecule has 108 valence electrons. The van der Waals surface area contributed by atoms with Crippen molar-refractivity contribution < 1.29 is 9.53 Å². The number of ether oxygens (including phenoxy) is 1. The Morgan fingerprint density at radius 3 is 2.75 bits per heavy atom. The van der Waals surface area contributed by atoms with E-state index in [1.54, 1.807) is 12.4 Å². The molecule has 0 aliphatic carbocycles. The van der Waals surface area contributed by atoms with Crippen molar-refractivity contribution in [2.24, 2.45) is 0 Å². The number of hydrogen-bond donors (Lipinski definition) is 0.